The lowest BCUT2D eigenvalue weighted by atomic mass is 10.1. The Labute approximate surface area is 73.6 Å². The Morgan fingerprint density at radius 3 is 2.83 bits per heavy atom. The van der Waals surface area contributed by atoms with E-state index in [0.717, 1.165) is 18.0 Å². The number of aromatic nitrogens is 2. The average Bonchev–Trinajstić information content (AvgIpc) is 2.48. The molecule has 2 N–H and O–H groups in total. The van der Waals surface area contributed by atoms with Gasteiger partial charge in [0.05, 0.1) is 6.20 Å². The molecule has 0 aliphatic heterocycles. The van der Waals surface area contributed by atoms with E-state index in [-0.39, 0.29) is 0 Å². The molecule has 1 aromatic heterocycles. The quantitative estimate of drug-likeness (QED) is 0.736. The zero-order valence-corrected chi connectivity index (χ0v) is 7.83. The highest BCUT2D eigenvalue weighted by atomic mass is 15.3. The Morgan fingerprint density at radius 1 is 1.58 bits per heavy atom. The molecule has 0 fully saturated rings. The molecular weight excluding hydrogens is 150 g/mol. The highest BCUT2D eigenvalue weighted by Gasteiger charge is 1.97. The van der Waals surface area contributed by atoms with Crippen molar-refractivity contribution >= 4 is 0 Å². The second-order valence-electron chi connectivity index (χ2n) is 3.50. The Hall–Kier alpha value is -0.830. The van der Waals surface area contributed by atoms with Gasteiger partial charge in [-0.15, -0.1) is 0 Å². The number of hydrogen-bond acceptors (Lipinski definition) is 2. The third kappa shape index (κ3) is 2.66. The van der Waals surface area contributed by atoms with E-state index in [1.165, 1.54) is 6.42 Å². The van der Waals surface area contributed by atoms with Crippen LogP contribution in [0.3, 0.4) is 0 Å². The Morgan fingerprint density at radius 2 is 2.33 bits per heavy atom. The third-order valence-electron chi connectivity index (χ3n) is 1.86. The molecule has 1 heterocycles. The molecule has 12 heavy (non-hydrogen) atoms. The molecule has 0 aliphatic carbocycles. The van der Waals surface area contributed by atoms with Crippen molar-refractivity contribution in [3.05, 3.63) is 18.0 Å². The molecule has 0 saturated carbocycles. The maximum atomic E-state index is 5.47. The van der Waals surface area contributed by atoms with Crippen LogP contribution in [0, 0.1) is 5.92 Å². The Balaban J connectivity index is 2.41. The first-order valence-electron chi connectivity index (χ1n) is 4.43. The molecule has 0 unspecified atom stereocenters. The van der Waals surface area contributed by atoms with Crippen molar-refractivity contribution in [2.75, 3.05) is 0 Å². The van der Waals surface area contributed by atoms with Gasteiger partial charge in [0.2, 0.25) is 0 Å². The molecule has 3 nitrogen and oxygen atoms in total. The maximum Gasteiger partial charge on any atom is 0.0534 e. The molecule has 1 aromatic rings. The fourth-order valence-electron chi connectivity index (χ4n) is 1.02. The molecule has 0 radical (unpaired) electrons. The van der Waals surface area contributed by atoms with Gasteiger partial charge >= 0.3 is 0 Å². The number of nitrogens with zero attached hydrogens (tertiary/aromatic N) is 2. The molecule has 0 bridgehead atoms. The summed E-state index contributed by atoms with van der Waals surface area (Å²) >= 11 is 0. The predicted molar refractivity (Wildman–Crippen MR) is 49.6 cm³/mol. The van der Waals surface area contributed by atoms with Crippen LogP contribution in [-0.2, 0) is 13.1 Å². The van der Waals surface area contributed by atoms with Gasteiger partial charge < -0.3 is 5.73 Å². The van der Waals surface area contributed by atoms with Crippen LogP contribution in [0.15, 0.2) is 12.4 Å². The summed E-state index contributed by atoms with van der Waals surface area (Å²) in [6.45, 7) is 6.01. The van der Waals surface area contributed by atoms with Gasteiger partial charge in [-0.05, 0) is 12.3 Å². The SMILES string of the molecule is CC(C)CCn1cc(CN)cn1. The number of nitrogens with two attached hydrogens (primary N) is 1. The topological polar surface area (TPSA) is 43.8 Å². The highest BCUT2D eigenvalue weighted by molar-refractivity contribution is 5.02. The summed E-state index contributed by atoms with van der Waals surface area (Å²) in [5.41, 5.74) is 6.58. The molecule has 0 atom stereocenters. The van der Waals surface area contributed by atoms with E-state index in [1.54, 1.807) is 0 Å². The lowest BCUT2D eigenvalue weighted by Crippen LogP contribution is -2.01. The second kappa shape index (κ2) is 4.26. The zero-order chi connectivity index (χ0) is 8.97. The zero-order valence-electron chi connectivity index (χ0n) is 7.83. The smallest absolute Gasteiger partial charge is 0.0534 e. The van der Waals surface area contributed by atoms with Crippen molar-refractivity contribution in [2.45, 2.75) is 33.4 Å². The van der Waals surface area contributed by atoms with Gasteiger partial charge in [-0.3, -0.25) is 4.68 Å². The van der Waals surface area contributed by atoms with Gasteiger partial charge in [-0.1, -0.05) is 13.8 Å². The minimum atomic E-state index is 0.585. The molecule has 0 aromatic carbocycles. The van der Waals surface area contributed by atoms with Gasteiger partial charge in [0, 0.05) is 24.8 Å². The van der Waals surface area contributed by atoms with Crippen molar-refractivity contribution in [1.82, 2.24) is 9.78 Å². The van der Waals surface area contributed by atoms with E-state index in [9.17, 15) is 0 Å². The molecule has 3 heteroatoms. The van der Waals surface area contributed by atoms with Crippen LogP contribution in [0.2, 0.25) is 0 Å². The normalized spacial score (nSPS) is 11.0. The van der Waals surface area contributed by atoms with Crippen LogP contribution in [0.4, 0.5) is 0 Å². The van der Waals surface area contributed by atoms with Gasteiger partial charge in [-0.2, -0.15) is 5.10 Å². The fourth-order valence-corrected chi connectivity index (χ4v) is 1.02. The summed E-state index contributed by atoms with van der Waals surface area (Å²) in [6, 6.07) is 0. The van der Waals surface area contributed by atoms with Gasteiger partial charge in [-0.25, -0.2) is 0 Å². The predicted octanol–water partition coefficient (Wildman–Crippen LogP) is 1.39. The monoisotopic (exact) mass is 167 g/mol. The van der Waals surface area contributed by atoms with E-state index in [2.05, 4.69) is 18.9 Å². The second-order valence-corrected chi connectivity index (χ2v) is 3.50. The minimum Gasteiger partial charge on any atom is -0.326 e. The molecule has 0 amide bonds. The molecule has 0 aliphatic rings. The first-order chi connectivity index (χ1) is 5.72. The molecule has 0 spiro atoms. The highest BCUT2D eigenvalue weighted by Crippen LogP contribution is 2.03. The van der Waals surface area contributed by atoms with Gasteiger partial charge in [0.1, 0.15) is 0 Å². The molecule has 68 valence electrons. The van der Waals surface area contributed by atoms with E-state index in [4.69, 9.17) is 5.73 Å². The largest absolute Gasteiger partial charge is 0.326 e. The molecule has 0 saturated heterocycles. The summed E-state index contributed by atoms with van der Waals surface area (Å²) in [7, 11) is 0. The van der Waals surface area contributed by atoms with Crippen molar-refractivity contribution in [3.63, 3.8) is 0 Å². The Kier molecular flexibility index (Phi) is 3.29. The maximum absolute atomic E-state index is 5.47. The van der Waals surface area contributed by atoms with E-state index >= 15 is 0 Å². The van der Waals surface area contributed by atoms with Crippen molar-refractivity contribution in [1.29, 1.82) is 0 Å². The van der Waals surface area contributed by atoms with Gasteiger partial charge in [0.25, 0.3) is 0 Å². The summed E-state index contributed by atoms with van der Waals surface area (Å²) in [5, 5.41) is 4.20. The fraction of sp³-hybridized carbons (Fsp3) is 0.667. The molecular formula is C9H17N3. The van der Waals surface area contributed by atoms with Crippen molar-refractivity contribution in [2.24, 2.45) is 11.7 Å². The Bertz CT molecular complexity index is 227. The number of rotatable bonds is 4. The minimum absolute atomic E-state index is 0.585. The molecule has 1 rings (SSSR count). The van der Waals surface area contributed by atoms with Gasteiger partial charge in [0.15, 0.2) is 0 Å². The standard InChI is InChI=1S/C9H17N3/c1-8(2)3-4-12-7-9(5-10)6-11-12/h6-8H,3-5,10H2,1-2H3. The summed E-state index contributed by atoms with van der Waals surface area (Å²) < 4.78 is 1.96. The van der Waals surface area contributed by atoms with Crippen LogP contribution < -0.4 is 5.73 Å². The van der Waals surface area contributed by atoms with Crippen LogP contribution >= 0.6 is 0 Å². The third-order valence-corrected chi connectivity index (χ3v) is 1.86. The van der Waals surface area contributed by atoms with Crippen LogP contribution in [0.25, 0.3) is 0 Å². The van der Waals surface area contributed by atoms with E-state index in [1.807, 2.05) is 17.1 Å². The first kappa shape index (κ1) is 9.26. The summed E-state index contributed by atoms with van der Waals surface area (Å²) in [4.78, 5) is 0. The van der Waals surface area contributed by atoms with Crippen LogP contribution in [0.1, 0.15) is 25.8 Å². The lowest BCUT2D eigenvalue weighted by Gasteiger charge is -2.03. The number of aryl methyl sites for hydroxylation is 1. The first-order valence-corrected chi connectivity index (χ1v) is 4.43. The van der Waals surface area contributed by atoms with Crippen LogP contribution in [0.5, 0.6) is 0 Å². The van der Waals surface area contributed by atoms with E-state index in [0.29, 0.717) is 6.54 Å². The van der Waals surface area contributed by atoms with E-state index < -0.39 is 0 Å². The average molecular weight is 167 g/mol. The van der Waals surface area contributed by atoms with Crippen LogP contribution in [-0.4, -0.2) is 9.78 Å². The summed E-state index contributed by atoms with van der Waals surface area (Å²) in [5.74, 6) is 0.732. The van der Waals surface area contributed by atoms with Crippen molar-refractivity contribution < 1.29 is 0 Å². The lowest BCUT2D eigenvalue weighted by molar-refractivity contribution is 0.487. The summed E-state index contributed by atoms with van der Waals surface area (Å²) in [6.07, 6.45) is 5.02. The number of hydrogen-bond donors (Lipinski definition) is 1. The van der Waals surface area contributed by atoms with Crippen molar-refractivity contribution in [3.8, 4) is 0 Å².